The number of nitrogens with zero attached hydrogens (tertiary/aromatic N) is 6. The van der Waals surface area contributed by atoms with Crippen LogP contribution in [0.1, 0.15) is 22.8 Å². The minimum Gasteiger partial charge on any atom is -1.00 e. The molecule has 0 unspecified atom stereocenters. The maximum atomic E-state index is 5.41. The number of aromatic nitrogens is 8. The van der Waals surface area contributed by atoms with E-state index in [0.29, 0.717) is 0 Å². The topological polar surface area (TPSA) is 72.9 Å². The fourth-order valence-corrected chi connectivity index (χ4v) is 7.36. The SMILES string of the molecule is C[n+]1cccc(-c2c3nc(c(-c4ccc[n+](C)c4)c4ccc([nH]4)c(-c4ccc[n+](C)c4)c4nc(c(-c5ccc[n+](C)c5)c5ccc2[nH]5)C=C4)C=C3)c1.[Cl-].[Cl-].[Cl-].[Cl-]. The van der Waals surface area contributed by atoms with Gasteiger partial charge in [-0.2, -0.15) is 0 Å². The van der Waals surface area contributed by atoms with Crippen molar-refractivity contribution in [3.05, 3.63) is 145 Å². The third kappa shape index (κ3) is 7.74. The van der Waals surface area contributed by atoms with Gasteiger partial charge < -0.3 is 59.6 Å². The highest BCUT2D eigenvalue weighted by atomic mass is 35.5. The molecule has 0 aromatic carbocycles. The summed E-state index contributed by atoms with van der Waals surface area (Å²) in [5.74, 6) is 0. The average molecular weight is 821 g/mol. The predicted molar refractivity (Wildman–Crippen MR) is 205 cm³/mol. The summed E-state index contributed by atoms with van der Waals surface area (Å²) in [7, 11) is 8.20. The lowest BCUT2D eigenvalue weighted by molar-refractivity contribution is -0.671. The van der Waals surface area contributed by atoms with E-state index < -0.39 is 0 Å². The van der Waals surface area contributed by atoms with E-state index in [1.165, 1.54) is 0 Å². The van der Waals surface area contributed by atoms with Gasteiger partial charge >= 0.3 is 0 Å². The van der Waals surface area contributed by atoms with Crippen molar-refractivity contribution in [2.75, 3.05) is 0 Å². The first-order valence-electron chi connectivity index (χ1n) is 17.4. The van der Waals surface area contributed by atoms with Crippen LogP contribution in [0.2, 0.25) is 0 Å². The summed E-state index contributed by atoms with van der Waals surface area (Å²) >= 11 is 0. The quantitative estimate of drug-likeness (QED) is 0.175. The largest absolute Gasteiger partial charge is 1.00 e. The number of hydrogen-bond donors (Lipinski definition) is 2. The molecule has 9 heterocycles. The fourth-order valence-electron chi connectivity index (χ4n) is 7.36. The van der Waals surface area contributed by atoms with Crippen LogP contribution < -0.4 is 67.9 Å². The van der Waals surface area contributed by atoms with Crippen molar-refractivity contribution in [3.63, 3.8) is 0 Å². The highest BCUT2D eigenvalue weighted by Gasteiger charge is 2.21. The normalized spacial score (nSPS) is 11.2. The molecule has 56 heavy (non-hydrogen) atoms. The second-order valence-electron chi connectivity index (χ2n) is 13.5. The molecule has 7 aromatic rings. The predicted octanol–water partition coefficient (Wildman–Crippen LogP) is -5.36. The highest BCUT2D eigenvalue weighted by Crippen LogP contribution is 2.37. The van der Waals surface area contributed by atoms with Gasteiger partial charge in [0, 0.05) is 90.8 Å². The molecule has 2 N–H and O–H groups in total. The zero-order chi connectivity index (χ0) is 35.3. The Morgan fingerprint density at radius 2 is 0.589 bits per heavy atom. The van der Waals surface area contributed by atoms with Gasteiger partial charge in [0.2, 0.25) is 0 Å². The van der Waals surface area contributed by atoms with Crippen molar-refractivity contribution < 1.29 is 67.9 Å². The molecule has 2 aliphatic heterocycles. The van der Waals surface area contributed by atoms with Crippen molar-refractivity contribution in [2.45, 2.75) is 0 Å². The smallest absolute Gasteiger partial charge is 0.176 e. The first-order valence-corrected chi connectivity index (χ1v) is 17.4. The van der Waals surface area contributed by atoms with Crippen LogP contribution in [0.3, 0.4) is 0 Å². The summed E-state index contributed by atoms with van der Waals surface area (Å²) in [4.78, 5) is 18.5. The molecule has 8 bridgehead atoms. The van der Waals surface area contributed by atoms with E-state index in [0.717, 1.165) is 89.4 Å². The number of nitrogens with one attached hydrogen (secondary N) is 2. The third-order valence-corrected chi connectivity index (χ3v) is 9.67. The third-order valence-electron chi connectivity index (χ3n) is 9.67. The van der Waals surface area contributed by atoms with E-state index in [9.17, 15) is 0 Å². The monoisotopic (exact) mass is 818 g/mol. The lowest BCUT2D eigenvalue weighted by atomic mass is 10.1. The minimum absolute atomic E-state index is 0. The second kappa shape index (κ2) is 17.0. The first-order chi connectivity index (χ1) is 25.4. The Morgan fingerprint density at radius 3 is 0.804 bits per heavy atom. The average Bonchev–Trinajstić information content (AvgIpc) is 3.96. The van der Waals surface area contributed by atoms with Crippen LogP contribution in [0.15, 0.2) is 122 Å². The molecule has 0 saturated heterocycles. The van der Waals surface area contributed by atoms with Crippen LogP contribution in [-0.4, -0.2) is 19.9 Å². The molecule has 12 heteroatoms. The van der Waals surface area contributed by atoms with Gasteiger partial charge in [-0.15, -0.1) is 0 Å². The van der Waals surface area contributed by atoms with Gasteiger partial charge in [0.25, 0.3) is 0 Å². The summed E-state index contributed by atoms with van der Waals surface area (Å²) in [5.41, 5.74) is 15.8. The summed E-state index contributed by atoms with van der Waals surface area (Å²) < 4.78 is 8.31. The molecule has 0 amide bonds. The van der Waals surface area contributed by atoms with Gasteiger partial charge in [0.05, 0.1) is 22.8 Å². The van der Waals surface area contributed by atoms with Crippen molar-refractivity contribution in [3.8, 4) is 44.5 Å². The lowest BCUT2D eigenvalue weighted by Crippen LogP contribution is -3.00. The van der Waals surface area contributed by atoms with Crippen LogP contribution in [0.4, 0.5) is 0 Å². The number of fused-ring (bicyclic) bond motifs is 8. The van der Waals surface area contributed by atoms with Gasteiger partial charge in [-0.3, -0.25) is 0 Å². The van der Waals surface area contributed by atoms with Crippen molar-refractivity contribution in [1.82, 2.24) is 19.9 Å². The standard InChI is InChI=1S/C44H38N8.4ClH/c1-49-21-5-9-29(25-49)41-33-13-15-35(45-33)42(30-10-6-22-50(2)26-30)37-17-19-39(47-37)44(32-12-8-24-52(4)28-32)40-20-18-38(48-40)43(36-16-14-34(41)46-36)31-11-7-23-51(3)27-31;;;;/h5-28,45,48H,1-4H3;4*1H/q+4;;;;/p-4. The minimum atomic E-state index is 0. The number of H-pyrrole nitrogens is 2. The van der Waals surface area contributed by atoms with Crippen LogP contribution in [0.5, 0.6) is 0 Å². The first kappa shape index (κ1) is 41.5. The summed E-state index contributed by atoms with van der Waals surface area (Å²) in [6.45, 7) is 0. The zero-order valence-electron chi connectivity index (χ0n) is 31.1. The van der Waals surface area contributed by atoms with E-state index >= 15 is 0 Å². The molecule has 0 atom stereocenters. The van der Waals surface area contributed by atoms with E-state index in [1.807, 2.05) is 53.0 Å². The Kier molecular flexibility index (Phi) is 12.6. The van der Waals surface area contributed by atoms with Gasteiger partial charge in [0.15, 0.2) is 49.6 Å². The molecule has 2 aliphatic rings. The van der Waals surface area contributed by atoms with Crippen molar-refractivity contribution in [2.24, 2.45) is 28.2 Å². The highest BCUT2D eigenvalue weighted by molar-refractivity contribution is 5.99. The number of aromatic amines is 2. The summed E-state index contributed by atoms with van der Waals surface area (Å²) in [5, 5.41) is 0. The molecule has 0 saturated carbocycles. The molecule has 282 valence electrons. The van der Waals surface area contributed by atoms with Crippen LogP contribution in [-0.2, 0) is 28.2 Å². The molecule has 0 fully saturated rings. The lowest BCUT2D eigenvalue weighted by Gasteiger charge is -2.05. The Bertz CT molecular complexity index is 2450. The molecule has 9 rings (SSSR count). The maximum Gasteiger partial charge on any atom is 0.176 e. The molecule has 8 nitrogen and oxygen atoms in total. The molecular formula is C44H38Cl4N8. The molecular weight excluding hydrogens is 782 g/mol. The van der Waals surface area contributed by atoms with Crippen LogP contribution in [0, 0.1) is 0 Å². The number of pyridine rings is 4. The van der Waals surface area contributed by atoms with E-state index in [4.69, 9.17) is 9.97 Å². The van der Waals surface area contributed by atoms with Crippen molar-refractivity contribution >= 4 is 46.4 Å². The molecule has 0 aliphatic carbocycles. The Morgan fingerprint density at radius 1 is 0.357 bits per heavy atom. The maximum absolute atomic E-state index is 5.41. The molecule has 0 radical (unpaired) electrons. The van der Waals surface area contributed by atoms with E-state index in [2.05, 4.69) is 150 Å². The second-order valence-corrected chi connectivity index (χ2v) is 13.5. The number of aryl methyl sites for hydroxylation is 4. The van der Waals surface area contributed by atoms with Crippen LogP contribution in [0.25, 0.3) is 90.9 Å². The zero-order valence-corrected chi connectivity index (χ0v) is 34.1. The van der Waals surface area contributed by atoms with Gasteiger partial charge in [-0.05, 0) is 72.8 Å². The fraction of sp³-hybridized carbons (Fsp3) is 0.0909. The number of hydrogen-bond acceptors (Lipinski definition) is 2. The Balaban J connectivity index is 0.00000150. The molecule has 7 aromatic heterocycles. The Labute approximate surface area is 350 Å². The molecule has 0 spiro atoms. The summed E-state index contributed by atoms with van der Waals surface area (Å²) in [6, 6.07) is 25.6. The van der Waals surface area contributed by atoms with Gasteiger partial charge in [0.1, 0.15) is 28.2 Å². The number of halogens is 4. The number of rotatable bonds is 4. The van der Waals surface area contributed by atoms with E-state index in [-0.39, 0.29) is 49.6 Å². The Hall–Kier alpha value is -5.64. The van der Waals surface area contributed by atoms with Gasteiger partial charge in [-0.1, -0.05) is 0 Å². The van der Waals surface area contributed by atoms with Gasteiger partial charge in [-0.25, -0.2) is 28.2 Å². The van der Waals surface area contributed by atoms with E-state index in [1.54, 1.807) is 0 Å². The van der Waals surface area contributed by atoms with Crippen LogP contribution >= 0.6 is 0 Å². The summed E-state index contributed by atoms with van der Waals surface area (Å²) in [6.07, 6.45) is 25.3. The van der Waals surface area contributed by atoms with Crippen molar-refractivity contribution in [1.29, 1.82) is 0 Å².